The zero-order valence-corrected chi connectivity index (χ0v) is 17.5. The van der Waals surface area contributed by atoms with E-state index >= 15 is 0 Å². The molecule has 2 N–H and O–H groups in total. The summed E-state index contributed by atoms with van der Waals surface area (Å²) in [6.07, 6.45) is 0.935. The van der Waals surface area contributed by atoms with Gasteiger partial charge in [-0.3, -0.25) is 4.99 Å². The van der Waals surface area contributed by atoms with Crippen LogP contribution in [-0.4, -0.2) is 71.5 Å². The minimum absolute atomic E-state index is 0.646. The quantitative estimate of drug-likeness (QED) is 0.310. The lowest BCUT2D eigenvalue weighted by Crippen LogP contribution is -2.37. The molecule has 0 aliphatic heterocycles. The van der Waals surface area contributed by atoms with E-state index in [0.717, 1.165) is 62.2 Å². The summed E-state index contributed by atoms with van der Waals surface area (Å²) in [5.74, 6) is 2.29. The lowest BCUT2D eigenvalue weighted by molar-refractivity contribution is 0.195. The van der Waals surface area contributed by atoms with Crippen LogP contribution in [0.4, 0.5) is 0 Å². The topological polar surface area (TPSA) is 67.4 Å². The van der Waals surface area contributed by atoms with Gasteiger partial charge in [-0.15, -0.1) is 0 Å². The van der Waals surface area contributed by atoms with Crippen LogP contribution < -0.4 is 20.1 Å². The van der Waals surface area contributed by atoms with Crippen LogP contribution in [0.5, 0.6) is 11.5 Å². The van der Waals surface area contributed by atoms with Crippen LogP contribution in [0.1, 0.15) is 25.8 Å². The third kappa shape index (κ3) is 8.97. The fourth-order valence-corrected chi connectivity index (χ4v) is 2.60. The van der Waals surface area contributed by atoms with Crippen molar-refractivity contribution in [2.45, 2.75) is 26.8 Å². The van der Waals surface area contributed by atoms with Crippen molar-refractivity contribution in [1.29, 1.82) is 0 Å². The Balaban J connectivity index is 2.52. The van der Waals surface area contributed by atoms with Crippen molar-refractivity contribution in [1.82, 2.24) is 15.5 Å². The molecule has 0 aliphatic rings. The van der Waals surface area contributed by atoms with E-state index in [1.807, 2.05) is 18.2 Å². The van der Waals surface area contributed by atoms with Gasteiger partial charge < -0.3 is 29.7 Å². The van der Waals surface area contributed by atoms with Crippen molar-refractivity contribution in [3.63, 3.8) is 0 Å². The van der Waals surface area contributed by atoms with Crippen molar-refractivity contribution in [2.24, 2.45) is 4.99 Å². The second-order valence-electron chi connectivity index (χ2n) is 6.06. The van der Waals surface area contributed by atoms with E-state index in [1.54, 1.807) is 21.3 Å². The van der Waals surface area contributed by atoms with Crippen LogP contribution in [0, 0.1) is 0 Å². The average molecular weight is 381 g/mol. The van der Waals surface area contributed by atoms with Crippen molar-refractivity contribution < 1.29 is 14.2 Å². The number of methoxy groups -OCH3 is 2. The van der Waals surface area contributed by atoms with Gasteiger partial charge in [0, 0.05) is 40.4 Å². The second kappa shape index (κ2) is 14.1. The fraction of sp³-hybridized carbons (Fsp3) is 0.650. The largest absolute Gasteiger partial charge is 0.493 e. The molecule has 0 spiro atoms. The number of hydrogen-bond acceptors (Lipinski definition) is 5. The summed E-state index contributed by atoms with van der Waals surface area (Å²) in [6.45, 7) is 10.1. The molecule has 0 fully saturated rings. The van der Waals surface area contributed by atoms with Crippen LogP contribution in [-0.2, 0) is 11.3 Å². The Morgan fingerprint density at radius 2 is 1.85 bits per heavy atom. The number of hydrogen-bond donors (Lipinski definition) is 2. The van der Waals surface area contributed by atoms with Crippen LogP contribution in [0.25, 0.3) is 0 Å². The monoisotopic (exact) mass is 380 g/mol. The molecule has 0 amide bonds. The molecular weight excluding hydrogens is 344 g/mol. The zero-order valence-electron chi connectivity index (χ0n) is 17.5. The normalized spacial score (nSPS) is 11.6. The van der Waals surface area contributed by atoms with Crippen LogP contribution in [0.2, 0.25) is 0 Å². The standard InChI is InChI=1S/C20H36N4O3/c1-6-24(7-2)12-14-27-18-10-9-17(15-19(18)26-5)16-23-20(21-3)22-11-8-13-25-4/h9-10,15H,6-8,11-14,16H2,1-5H3,(H2,21,22,23). The highest BCUT2D eigenvalue weighted by molar-refractivity contribution is 5.79. The minimum Gasteiger partial charge on any atom is -0.493 e. The first kappa shape index (κ1) is 23.0. The number of nitrogens with zero attached hydrogens (tertiary/aromatic N) is 2. The molecular formula is C20H36N4O3. The molecule has 27 heavy (non-hydrogen) atoms. The molecule has 0 radical (unpaired) electrons. The predicted molar refractivity (Wildman–Crippen MR) is 111 cm³/mol. The van der Waals surface area contributed by atoms with E-state index in [9.17, 15) is 0 Å². The first-order valence-corrected chi connectivity index (χ1v) is 9.63. The lowest BCUT2D eigenvalue weighted by atomic mass is 10.2. The van der Waals surface area contributed by atoms with E-state index in [0.29, 0.717) is 13.2 Å². The number of likely N-dealkylation sites (N-methyl/N-ethyl adjacent to an activating group) is 1. The molecule has 0 saturated heterocycles. The van der Waals surface area contributed by atoms with Crippen molar-refractivity contribution in [3.05, 3.63) is 23.8 Å². The number of aliphatic imine (C=N–C) groups is 1. The van der Waals surface area contributed by atoms with E-state index in [-0.39, 0.29) is 0 Å². The third-order valence-electron chi connectivity index (χ3n) is 4.29. The van der Waals surface area contributed by atoms with Crippen LogP contribution in [0.3, 0.4) is 0 Å². The van der Waals surface area contributed by atoms with Gasteiger partial charge >= 0.3 is 0 Å². The second-order valence-corrected chi connectivity index (χ2v) is 6.06. The first-order chi connectivity index (χ1) is 13.2. The third-order valence-corrected chi connectivity index (χ3v) is 4.29. The molecule has 0 atom stereocenters. The average Bonchev–Trinajstić information content (AvgIpc) is 2.71. The molecule has 1 aromatic rings. The summed E-state index contributed by atoms with van der Waals surface area (Å²) >= 11 is 0. The van der Waals surface area contributed by atoms with Gasteiger partial charge in [0.05, 0.1) is 7.11 Å². The van der Waals surface area contributed by atoms with Gasteiger partial charge in [-0.25, -0.2) is 0 Å². The Morgan fingerprint density at radius 3 is 2.48 bits per heavy atom. The zero-order chi connectivity index (χ0) is 19.9. The molecule has 0 aliphatic carbocycles. The highest BCUT2D eigenvalue weighted by Gasteiger charge is 2.07. The van der Waals surface area contributed by atoms with Crippen LogP contribution >= 0.6 is 0 Å². The van der Waals surface area contributed by atoms with E-state index in [2.05, 4.69) is 34.4 Å². The molecule has 0 unspecified atom stereocenters. The van der Waals surface area contributed by atoms with E-state index in [1.165, 1.54) is 0 Å². The van der Waals surface area contributed by atoms with Gasteiger partial charge in [-0.05, 0) is 37.2 Å². The van der Waals surface area contributed by atoms with Crippen molar-refractivity contribution in [2.75, 3.05) is 60.7 Å². The van der Waals surface area contributed by atoms with Crippen molar-refractivity contribution >= 4 is 5.96 Å². The maximum atomic E-state index is 5.91. The Morgan fingerprint density at radius 1 is 1.07 bits per heavy atom. The maximum absolute atomic E-state index is 5.91. The Labute approximate surface area is 164 Å². The molecule has 7 nitrogen and oxygen atoms in total. The summed E-state index contributed by atoms with van der Waals surface area (Å²) in [5.41, 5.74) is 1.10. The minimum atomic E-state index is 0.646. The molecule has 0 aromatic heterocycles. The molecule has 0 bridgehead atoms. The number of benzene rings is 1. The van der Waals surface area contributed by atoms with Gasteiger partial charge in [-0.1, -0.05) is 19.9 Å². The smallest absolute Gasteiger partial charge is 0.191 e. The fourth-order valence-electron chi connectivity index (χ4n) is 2.60. The van der Waals surface area contributed by atoms with Crippen molar-refractivity contribution in [3.8, 4) is 11.5 Å². The number of guanidine groups is 1. The summed E-state index contributed by atoms with van der Waals surface area (Å²) in [6, 6.07) is 6.01. The van der Waals surface area contributed by atoms with Gasteiger partial charge in [0.25, 0.3) is 0 Å². The van der Waals surface area contributed by atoms with Gasteiger partial charge in [-0.2, -0.15) is 0 Å². The Kier molecular flexibility index (Phi) is 12.1. The number of nitrogens with one attached hydrogen (secondary N) is 2. The van der Waals surface area contributed by atoms with Crippen LogP contribution in [0.15, 0.2) is 23.2 Å². The molecule has 1 rings (SSSR count). The van der Waals surface area contributed by atoms with E-state index in [4.69, 9.17) is 14.2 Å². The maximum Gasteiger partial charge on any atom is 0.191 e. The molecule has 154 valence electrons. The summed E-state index contributed by atoms with van der Waals surface area (Å²) in [5, 5.41) is 6.56. The van der Waals surface area contributed by atoms with Gasteiger partial charge in [0.1, 0.15) is 6.61 Å². The SMILES string of the molecule is CCN(CC)CCOc1ccc(CNC(=NC)NCCCOC)cc1OC. The highest BCUT2D eigenvalue weighted by Crippen LogP contribution is 2.28. The first-order valence-electron chi connectivity index (χ1n) is 9.63. The molecule has 0 heterocycles. The van der Waals surface area contributed by atoms with E-state index < -0.39 is 0 Å². The number of ether oxygens (including phenoxy) is 3. The highest BCUT2D eigenvalue weighted by atomic mass is 16.5. The van der Waals surface area contributed by atoms with Gasteiger partial charge in [0.2, 0.25) is 0 Å². The molecule has 7 heteroatoms. The number of rotatable bonds is 13. The Bertz CT molecular complexity index is 548. The lowest BCUT2D eigenvalue weighted by Gasteiger charge is -2.19. The summed E-state index contributed by atoms with van der Waals surface area (Å²) < 4.78 is 16.4. The summed E-state index contributed by atoms with van der Waals surface area (Å²) in [7, 11) is 5.14. The molecule has 0 saturated carbocycles. The van der Waals surface area contributed by atoms with Gasteiger partial charge in [0.15, 0.2) is 17.5 Å². The Hall–Kier alpha value is -1.99. The predicted octanol–water partition coefficient (Wildman–Crippen LogP) is 2.12. The molecule has 1 aromatic carbocycles. The summed E-state index contributed by atoms with van der Waals surface area (Å²) in [4.78, 5) is 6.56.